The van der Waals surface area contributed by atoms with E-state index in [0.29, 0.717) is 11.4 Å². The molecule has 0 spiro atoms. The number of carbonyl (C=O) groups excluding carboxylic acids is 2. The Hall–Kier alpha value is -2.40. The molecule has 0 heterocycles. The first kappa shape index (κ1) is 17.9. The number of hydrogen-bond donors (Lipinski definition) is 2. The lowest BCUT2D eigenvalue weighted by molar-refractivity contribution is -0.135. The molecule has 0 saturated carbocycles. The van der Waals surface area contributed by atoms with Crippen LogP contribution >= 0.6 is 11.6 Å². The molecule has 2 N–H and O–H groups in total. The molecule has 0 unspecified atom stereocenters. The van der Waals surface area contributed by atoms with Crippen molar-refractivity contribution in [1.29, 1.82) is 0 Å². The Morgan fingerprint density at radius 3 is 2.12 bits per heavy atom. The second kappa shape index (κ2) is 7.01. The summed E-state index contributed by atoms with van der Waals surface area (Å²) in [6.07, 6.45) is 0. The van der Waals surface area contributed by atoms with E-state index in [4.69, 9.17) is 11.6 Å². The smallest absolute Gasteiger partial charge is 0.239 e. The van der Waals surface area contributed by atoms with Crippen LogP contribution in [0.2, 0.25) is 5.02 Å². The first-order valence-corrected chi connectivity index (χ1v) is 7.72. The molecule has 0 aromatic heterocycles. The third kappa shape index (κ3) is 4.11. The number of hydrogen-bond acceptors (Lipinski definition) is 2. The fourth-order valence-electron chi connectivity index (χ4n) is 1.97. The summed E-state index contributed by atoms with van der Waals surface area (Å²) in [7, 11) is 0. The van der Waals surface area contributed by atoms with E-state index in [1.165, 1.54) is 26.0 Å². The Balaban J connectivity index is 2.11. The number of halogens is 2. The molecule has 0 atom stereocenters. The molecule has 6 heteroatoms. The quantitative estimate of drug-likeness (QED) is 0.805. The van der Waals surface area contributed by atoms with E-state index in [1.807, 2.05) is 25.1 Å². The highest BCUT2D eigenvalue weighted by atomic mass is 35.5. The lowest BCUT2D eigenvalue weighted by atomic mass is 9.90. The van der Waals surface area contributed by atoms with Gasteiger partial charge in [-0.15, -0.1) is 0 Å². The van der Waals surface area contributed by atoms with Gasteiger partial charge in [-0.05, 0) is 56.7 Å². The highest BCUT2D eigenvalue weighted by molar-refractivity contribution is 6.31. The van der Waals surface area contributed by atoms with Crippen molar-refractivity contribution < 1.29 is 14.0 Å². The van der Waals surface area contributed by atoms with E-state index in [1.54, 1.807) is 6.07 Å². The molecule has 2 rings (SSSR count). The minimum Gasteiger partial charge on any atom is -0.325 e. The Labute approximate surface area is 145 Å². The third-order valence-corrected chi connectivity index (χ3v) is 3.88. The van der Waals surface area contributed by atoms with Gasteiger partial charge in [0.25, 0.3) is 0 Å². The average Bonchev–Trinajstić information content (AvgIpc) is 2.50. The summed E-state index contributed by atoms with van der Waals surface area (Å²) in [6, 6.07) is 11.1. The minimum absolute atomic E-state index is 0.102. The zero-order valence-corrected chi connectivity index (χ0v) is 14.4. The van der Waals surface area contributed by atoms with Gasteiger partial charge in [0.1, 0.15) is 11.2 Å². The number of aryl methyl sites for hydroxylation is 1. The van der Waals surface area contributed by atoms with Crippen LogP contribution in [-0.4, -0.2) is 11.8 Å². The van der Waals surface area contributed by atoms with Gasteiger partial charge in [-0.2, -0.15) is 0 Å². The van der Waals surface area contributed by atoms with Gasteiger partial charge in [-0.1, -0.05) is 23.7 Å². The van der Waals surface area contributed by atoms with Gasteiger partial charge < -0.3 is 10.6 Å². The zero-order valence-electron chi connectivity index (χ0n) is 13.6. The number of nitrogens with one attached hydrogen (secondary N) is 2. The van der Waals surface area contributed by atoms with Crippen LogP contribution in [0.5, 0.6) is 0 Å². The highest BCUT2D eigenvalue weighted by Crippen LogP contribution is 2.24. The molecule has 2 aromatic carbocycles. The molecular formula is C18H18ClFN2O2. The van der Waals surface area contributed by atoms with Gasteiger partial charge in [0, 0.05) is 11.4 Å². The second-order valence-corrected chi connectivity index (χ2v) is 6.44. The largest absolute Gasteiger partial charge is 0.325 e. The second-order valence-electron chi connectivity index (χ2n) is 6.03. The van der Waals surface area contributed by atoms with E-state index in [-0.39, 0.29) is 5.02 Å². The van der Waals surface area contributed by atoms with Crippen molar-refractivity contribution in [2.75, 3.05) is 10.6 Å². The summed E-state index contributed by atoms with van der Waals surface area (Å²) in [5.74, 6) is -1.54. The van der Waals surface area contributed by atoms with E-state index in [2.05, 4.69) is 10.6 Å². The Morgan fingerprint density at radius 1 is 1.00 bits per heavy atom. The predicted octanol–water partition coefficient (Wildman–Crippen LogP) is 4.39. The first-order valence-electron chi connectivity index (χ1n) is 7.35. The molecule has 0 aliphatic rings. The summed E-state index contributed by atoms with van der Waals surface area (Å²) in [5, 5.41) is 5.20. The van der Waals surface area contributed by atoms with Crippen LogP contribution in [0.15, 0.2) is 42.5 Å². The Morgan fingerprint density at radius 2 is 1.58 bits per heavy atom. The average molecular weight is 349 g/mol. The summed E-state index contributed by atoms with van der Waals surface area (Å²) < 4.78 is 13.2. The fraction of sp³-hybridized carbons (Fsp3) is 0.222. The third-order valence-electron chi connectivity index (χ3n) is 3.59. The van der Waals surface area contributed by atoms with Gasteiger partial charge >= 0.3 is 0 Å². The SMILES string of the molecule is Cc1cccc(NC(=O)C(C)(C)C(=O)Nc2ccc(F)c(Cl)c2)c1. The van der Waals surface area contributed by atoms with Crippen molar-refractivity contribution in [2.45, 2.75) is 20.8 Å². The van der Waals surface area contributed by atoms with Crippen molar-refractivity contribution in [3.05, 3.63) is 58.9 Å². The molecule has 24 heavy (non-hydrogen) atoms. The van der Waals surface area contributed by atoms with Crippen molar-refractivity contribution in [2.24, 2.45) is 5.41 Å². The molecule has 0 saturated heterocycles. The van der Waals surface area contributed by atoms with E-state index in [9.17, 15) is 14.0 Å². The van der Waals surface area contributed by atoms with Crippen molar-refractivity contribution in [3.63, 3.8) is 0 Å². The summed E-state index contributed by atoms with van der Waals surface area (Å²) in [5.41, 5.74) is 0.606. The van der Waals surface area contributed by atoms with Crippen molar-refractivity contribution in [3.8, 4) is 0 Å². The van der Waals surface area contributed by atoms with Gasteiger partial charge in [0.05, 0.1) is 5.02 Å². The summed E-state index contributed by atoms with van der Waals surface area (Å²) >= 11 is 5.69. The summed E-state index contributed by atoms with van der Waals surface area (Å²) in [4.78, 5) is 24.9. The van der Waals surface area contributed by atoms with E-state index in [0.717, 1.165) is 11.6 Å². The van der Waals surface area contributed by atoms with Gasteiger partial charge in [-0.25, -0.2) is 4.39 Å². The number of amides is 2. The van der Waals surface area contributed by atoms with Crippen LogP contribution < -0.4 is 10.6 Å². The Bertz CT molecular complexity index is 790. The topological polar surface area (TPSA) is 58.2 Å². The maximum atomic E-state index is 13.2. The van der Waals surface area contributed by atoms with Gasteiger partial charge in [0.15, 0.2) is 0 Å². The first-order chi connectivity index (χ1) is 11.2. The van der Waals surface area contributed by atoms with Gasteiger partial charge in [0.2, 0.25) is 11.8 Å². The molecule has 2 amide bonds. The minimum atomic E-state index is -1.33. The monoisotopic (exact) mass is 348 g/mol. The van der Waals surface area contributed by atoms with Crippen LogP contribution in [0, 0.1) is 18.2 Å². The standard InChI is InChI=1S/C18H18ClFN2O2/c1-11-5-4-6-12(9-11)21-16(23)18(2,3)17(24)22-13-7-8-15(20)14(19)10-13/h4-10H,1-3H3,(H,21,23)(H,22,24). The van der Waals surface area contributed by atoms with Crippen LogP contribution in [0.4, 0.5) is 15.8 Å². The predicted molar refractivity (Wildman–Crippen MR) is 93.6 cm³/mol. The maximum Gasteiger partial charge on any atom is 0.239 e. The number of rotatable bonds is 4. The molecule has 0 bridgehead atoms. The zero-order chi connectivity index (χ0) is 17.9. The normalized spacial score (nSPS) is 11.0. The molecule has 4 nitrogen and oxygen atoms in total. The van der Waals surface area contributed by atoms with Crippen LogP contribution in [0.1, 0.15) is 19.4 Å². The van der Waals surface area contributed by atoms with Crippen LogP contribution in [0.25, 0.3) is 0 Å². The van der Waals surface area contributed by atoms with Crippen molar-refractivity contribution in [1.82, 2.24) is 0 Å². The molecule has 126 valence electrons. The lowest BCUT2D eigenvalue weighted by Crippen LogP contribution is -2.41. The van der Waals surface area contributed by atoms with Crippen molar-refractivity contribution >= 4 is 34.8 Å². The molecule has 0 fully saturated rings. The van der Waals surface area contributed by atoms with Crippen LogP contribution in [0.3, 0.4) is 0 Å². The van der Waals surface area contributed by atoms with E-state index >= 15 is 0 Å². The summed E-state index contributed by atoms with van der Waals surface area (Å²) in [6.45, 7) is 4.93. The fourth-order valence-corrected chi connectivity index (χ4v) is 2.16. The highest BCUT2D eigenvalue weighted by Gasteiger charge is 2.36. The number of benzene rings is 2. The molecule has 2 aromatic rings. The molecule has 0 aliphatic carbocycles. The molecule has 0 radical (unpaired) electrons. The van der Waals surface area contributed by atoms with Crippen LogP contribution in [-0.2, 0) is 9.59 Å². The molecular weight excluding hydrogens is 331 g/mol. The van der Waals surface area contributed by atoms with E-state index < -0.39 is 23.0 Å². The lowest BCUT2D eigenvalue weighted by Gasteiger charge is -2.23. The molecule has 0 aliphatic heterocycles. The number of anilines is 2. The van der Waals surface area contributed by atoms with Gasteiger partial charge in [-0.3, -0.25) is 9.59 Å². The Kier molecular flexibility index (Phi) is 5.24. The maximum absolute atomic E-state index is 13.2. The number of carbonyl (C=O) groups is 2.